The summed E-state index contributed by atoms with van der Waals surface area (Å²) in [6.07, 6.45) is 0. The van der Waals surface area contributed by atoms with Crippen molar-refractivity contribution in [2.24, 2.45) is 0 Å². The van der Waals surface area contributed by atoms with E-state index in [1.807, 2.05) is 6.92 Å². The fraction of sp³-hybridized carbons (Fsp3) is 0.136. The number of amides is 1. The molecule has 0 bridgehead atoms. The summed E-state index contributed by atoms with van der Waals surface area (Å²) in [6.45, 7) is 1.23. The first kappa shape index (κ1) is 22.2. The number of sulfonamides is 1. The molecule has 0 aliphatic rings. The second kappa shape index (κ2) is 9.13. The van der Waals surface area contributed by atoms with Crippen molar-refractivity contribution < 1.29 is 26.7 Å². The molecule has 0 saturated carbocycles. The summed E-state index contributed by atoms with van der Waals surface area (Å²) in [7, 11) is -2.67. The predicted octanol–water partition coefficient (Wildman–Crippen LogP) is 4.12. The van der Waals surface area contributed by atoms with Crippen LogP contribution in [0.25, 0.3) is 0 Å². The zero-order chi connectivity index (χ0) is 22.6. The van der Waals surface area contributed by atoms with Crippen molar-refractivity contribution in [1.82, 2.24) is 0 Å². The molecule has 162 valence electrons. The van der Waals surface area contributed by atoms with Gasteiger partial charge in [-0.15, -0.1) is 0 Å². The number of halogens is 2. The number of carbonyl (C=O) groups excluding carboxylic acids is 1. The summed E-state index contributed by atoms with van der Waals surface area (Å²) < 4.78 is 59.6. The summed E-state index contributed by atoms with van der Waals surface area (Å²) in [6, 6.07) is 15.0. The Hall–Kier alpha value is -3.46. The van der Waals surface area contributed by atoms with Gasteiger partial charge in [-0.25, -0.2) is 17.2 Å². The molecule has 3 rings (SSSR count). The highest BCUT2D eigenvalue weighted by molar-refractivity contribution is 7.92. The van der Waals surface area contributed by atoms with Gasteiger partial charge in [0.25, 0.3) is 10.0 Å². The number of carbonyl (C=O) groups is 1. The number of rotatable bonds is 7. The topological polar surface area (TPSA) is 75.7 Å². The molecule has 0 unspecified atom stereocenters. The van der Waals surface area contributed by atoms with Crippen molar-refractivity contribution >= 4 is 27.3 Å². The first-order valence-electron chi connectivity index (χ1n) is 9.19. The molecule has 31 heavy (non-hydrogen) atoms. The molecule has 0 aliphatic carbocycles. The van der Waals surface area contributed by atoms with Crippen LogP contribution in [0.1, 0.15) is 5.56 Å². The second-order valence-corrected chi connectivity index (χ2v) is 8.56. The number of hydrogen-bond donors (Lipinski definition) is 1. The zero-order valence-electron chi connectivity index (χ0n) is 16.8. The number of hydrogen-bond acceptors (Lipinski definition) is 4. The van der Waals surface area contributed by atoms with Crippen molar-refractivity contribution in [3.63, 3.8) is 0 Å². The van der Waals surface area contributed by atoms with Crippen molar-refractivity contribution in [2.75, 3.05) is 23.3 Å². The Bertz CT molecular complexity index is 1180. The van der Waals surface area contributed by atoms with E-state index in [9.17, 15) is 22.0 Å². The van der Waals surface area contributed by atoms with Gasteiger partial charge in [-0.1, -0.05) is 17.7 Å². The third kappa shape index (κ3) is 5.18. The molecule has 0 atom stereocenters. The van der Waals surface area contributed by atoms with Gasteiger partial charge in [-0.3, -0.25) is 9.10 Å². The molecule has 0 aromatic heterocycles. The lowest BCUT2D eigenvalue weighted by molar-refractivity contribution is -0.114. The molecule has 1 N–H and O–H groups in total. The molecular formula is C22H20F2N2O4S. The van der Waals surface area contributed by atoms with Crippen molar-refractivity contribution in [3.8, 4) is 5.75 Å². The van der Waals surface area contributed by atoms with Crippen molar-refractivity contribution in [1.29, 1.82) is 0 Å². The van der Waals surface area contributed by atoms with E-state index in [1.54, 1.807) is 24.3 Å². The van der Waals surface area contributed by atoms with E-state index < -0.39 is 34.1 Å². The van der Waals surface area contributed by atoms with Gasteiger partial charge in [0.05, 0.1) is 23.4 Å². The van der Waals surface area contributed by atoms with Crippen molar-refractivity contribution in [2.45, 2.75) is 11.8 Å². The highest BCUT2D eigenvalue weighted by atomic mass is 32.2. The number of methoxy groups -OCH3 is 1. The zero-order valence-corrected chi connectivity index (χ0v) is 17.6. The Balaban J connectivity index is 1.94. The van der Waals surface area contributed by atoms with Crippen LogP contribution >= 0.6 is 0 Å². The van der Waals surface area contributed by atoms with Crippen LogP contribution in [-0.2, 0) is 14.8 Å². The quantitative estimate of drug-likeness (QED) is 0.593. The lowest BCUT2D eigenvalue weighted by Crippen LogP contribution is -2.38. The van der Waals surface area contributed by atoms with Gasteiger partial charge in [0.2, 0.25) is 5.91 Å². The smallest absolute Gasteiger partial charge is 0.264 e. The van der Waals surface area contributed by atoms with Gasteiger partial charge >= 0.3 is 0 Å². The number of anilines is 2. The number of ether oxygens (including phenoxy) is 1. The summed E-state index contributed by atoms with van der Waals surface area (Å²) in [4.78, 5) is 12.5. The third-order valence-corrected chi connectivity index (χ3v) is 6.25. The van der Waals surface area contributed by atoms with E-state index in [-0.39, 0.29) is 16.3 Å². The largest absolute Gasteiger partial charge is 0.497 e. The summed E-state index contributed by atoms with van der Waals surface area (Å²) in [5.74, 6) is -2.07. The summed E-state index contributed by atoms with van der Waals surface area (Å²) in [5.41, 5.74) is 0.914. The van der Waals surface area contributed by atoms with Gasteiger partial charge in [-0.2, -0.15) is 0 Å². The Morgan fingerprint density at radius 3 is 2.23 bits per heavy atom. The normalized spacial score (nSPS) is 11.1. The minimum absolute atomic E-state index is 0.0466. The van der Waals surface area contributed by atoms with Crippen LogP contribution in [-0.4, -0.2) is 28.0 Å². The molecule has 0 fully saturated rings. The Labute approximate surface area is 179 Å². The molecule has 0 spiro atoms. The minimum Gasteiger partial charge on any atom is -0.497 e. The summed E-state index contributed by atoms with van der Waals surface area (Å²) >= 11 is 0. The predicted molar refractivity (Wildman–Crippen MR) is 114 cm³/mol. The van der Waals surface area contributed by atoms with Crippen LogP contribution in [0.15, 0.2) is 71.6 Å². The highest BCUT2D eigenvalue weighted by Crippen LogP contribution is 2.26. The standard InChI is InChI=1S/C22H20F2N2O4S/c1-15-3-6-17(7-4-15)26(31(28,29)19-10-8-18(30-2)9-11-19)14-22(27)25-21-12-5-16(23)13-20(21)24/h3-13H,14H2,1-2H3,(H,25,27). The van der Waals surface area contributed by atoms with E-state index in [1.165, 1.54) is 31.4 Å². The van der Waals surface area contributed by atoms with E-state index in [0.29, 0.717) is 11.8 Å². The lowest BCUT2D eigenvalue weighted by atomic mass is 10.2. The van der Waals surface area contributed by atoms with Gasteiger partial charge < -0.3 is 10.1 Å². The molecule has 9 heteroatoms. The molecule has 1 amide bonds. The Morgan fingerprint density at radius 2 is 1.65 bits per heavy atom. The molecule has 3 aromatic carbocycles. The van der Waals surface area contributed by atoms with Crippen LogP contribution < -0.4 is 14.4 Å². The van der Waals surface area contributed by atoms with Crippen LogP contribution in [0.4, 0.5) is 20.2 Å². The summed E-state index contributed by atoms with van der Waals surface area (Å²) in [5, 5.41) is 2.28. The van der Waals surface area contributed by atoms with Gasteiger partial charge in [0.1, 0.15) is 23.9 Å². The number of aryl methyl sites for hydroxylation is 1. The van der Waals surface area contributed by atoms with Crippen LogP contribution in [0.5, 0.6) is 5.75 Å². The van der Waals surface area contributed by atoms with E-state index >= 15 is 0 Å². The van der Waals surface area contributed by atoms with Gasteiger partial charge in [0, 0.05) is 6.07 Å². The Kier molecular flexibility index (Phi) is 6.55. The fourth-order valence-electron chi connectivity index (χ4n) is 2.81. The monoisotopic (exact) mass is 446 g/mol. The van der Waals surface area contributed by atoms with E-state index in [4.69, 9.17) is 4.74 Å². The van der Waals surface area contributed by atoms with E-state index in [2.05, 4.69) is 5.32 Å². The molecule has 0 saturated heterocycles. The molecule has 0 radical (unpaired) electrons. The van der Waals surface area contributed by atoms with Crippen LogP contribution in [0.2, 0.25) is 0 Å². The maximum Gasteiger partial charge on any atom is 0.264 e. The molecule has 0 heterocycles. The number of benzene rings is 3. The number of nitrogens with zero attached hydrogens (tertiary/aromatic N) is 1. The maximum absolute atomic E-state index is 13.9. The Morgan fingerprint density at radius 1 is 1.00 bits per heavy atom. The SMILES string of the molecule is COc1ccc(S(=O)(=O)N(CC(=O)Nc2ccc(F)cc2F)c2ccc(C)cc2)cc1. The minimum atomic E-state index is -4.13. The van der Waals surface area contributed by atoms with Crippen LogP contribution in [0.3, 0.4) is 0 Å². The van der Waals surface area contributed by atoms with Gasteiger partial charge in [0.15, 0.2) is 0 Å². The second-order valence-electron chi connectivity index (χ2n) is 6.70. The average Bonchev–Trinajstić information content (AvgIpc) is 2.75. The number of nitrogens with one attached hydrogen (secondary N) is 1. The average molecular weight is 446 g/mol. The van der Waals surface area contributed by atoms with Crippen molar-refractivity contribution in [3.05, 3.63) is 83.9 Å². The van der Waals surface area contributed by atoms with Gasteiger partial charge in [-0.05, 0) is 55.5 Å². The first-order valence-corrected chi connectivity index (χ1v) is 10.6. The lowest BCUT2D eigenvalue weighted by Gasteiger charge is -2.24. The van der Waals surface area contributed by atoms with Crippen LogP contribution in [0, 0.1) is 18.6 Å². The maximum atomic E-state index is 13.9. The fourth-order valence-corrected chi connectivity index (χ4v) is 4.23. The highest BCUT2D eigenvalue weighted by Gasteiger charge is 2.27. The molecular weight excluding hydrogens is 426 g/mol. The van der Waals surface area contributed by atoms with E-state index in [0.717, 1.165) is 22.0 Å². The molecule has 6 nitrogen and oxygen atoms in total. The first-order chi connectivity index (χ1) is 14.7. The third-order valence-electron chi connectivity index (χ3n) is 4.46. The molecule has 0 aliphatic heterocycles. The molecule has 3 aromatic rings.